The standard InChI is InChI=1S/C10H20O2.Mn/c1-2-3-4-5-6-7-8-9-10(11)12;/h2-9H2,1H3,(H,11,12);. The molecule has 0 bridgehead atoms. The fourth-order valence-corrected chi connectivity index (χ4v) is 1.23. The normalized spacial score (nSPS) is 9.31. The van der Waals surface area contributed by atoms with Gasteiger partial charge in [-0.3, -0.25) is 4.79 Å². The van der Waals surface area contributed by atoms with Gasteiger partial charge in [-0.15, -0.1) is 0 Å². The number of carboxylic acids is 1. The summed E-state index contributed by atoms with van der Waals surface area (Å²) in [5, 5.41) is 8.35. The van der Waals surface area contributed by atoms with Crippen LogP contribution in [0.3, 0.4) is 0 Å². The minimum atomic E-state index is -0.663. The number of rotatable bonds is 8. The van der Waals surface area contributed by atoms with Crippen molar-refractivity contribution >= 4 is 5.97 Å². The van der Waals surface area contributed by atoms with Gasteiger partial charge in [0.25, 0.3) is 0 Å². The van der Waals surface area contributed by atoms with Crippen molar-refractivity contribution in [1.82, 2.24) is 0 Å². The van der Waals surface area contributed by atoms with E-state index in [1.165, 1.54) is 32.1 Å². The Balaban J connectivity index is 0. The van der Waals surface area contributed by atoms with E-state index in [0.29, 0.717) is 6.42 Å². The number of aliphatic carboxylic acids is 1. The van der Waals surface area contributed by atoms with Crippen LogP contribution < -0.4 is 0 Å². The van der Waals surface area contributed by atoms with Gasteiger partial charge in [-0.05, 0) is 6.42 Å². The van der Waals surface area contributed by atoms with Crippen molar-refractivity contribution in [3.63, 3.8) is 0 Å². The monoisotopic (exact) mass is 227 g/mol. The van der Waals surface area contributed by atoms with Crippen LogP contribution >= 0.6 is 0 Å². The summed E-state index contributed by atoms with van der Waals surface area (Å²) in [5.74, 6) is -0.663. The molecule has 2 nitrogen and oxygen atoms in total. The predicted molar refractivity (Wildman–Crippen MR) is 50.2 cm³/mol. The quantitative estimate of drug-likeness (QED) is 0.510. The van der Waals surface area contributed by atoms with Crippen LogP contribution in [-0.2, 0) is 21.9 Å². The molecule has 0 aromatic rings. The van der Waals surface area contributed by atoms with Gasteiger partial charge in [0.05, 0.1) is 0 Å². The fourth-order valence-electron chi connectivity index (χ4n) is 1.23. The Morgan fingerprint density at radius 3 is 1.92 bits per heavy atom. The summed E-state index contributed by atoms with van der Waals surface area (Å²) in [6.45, 7) is 2.20. The summed E-state index contributed by atoms with van der Waals surface area (Å²) in [7, 11) is 0. The van der Waals surface area contributed by atoms with Crippen molar-refractivity contribution < 1.29 is 27.0 Å². The van der Waals surface area contributed by atoms with E-state index >= 15 is 0 Å². The smallest absolute Gasteiger partial charge is 0.303 e. The summed E-state index contributed by atoms with van der Waals surface area (Å²) in [6, 6.07) is 0. The van der Waals surface area contributed by atoms with Gasteiger partial charge >= 0.3 is 5.97 Å². The van der Waals surface area contributed by atoms with Crippen LogP contribution in [0.5, 0.6) is 0 Å². The van der Waals surface area contributed by atoms with Crippen LogP contribution in [0.25, 0.3) is 0 Å². The number of hydrogen-bond acceptors (Lipinski definition) is 1. The Kier molecular flexibility index (Phi) is 14.3. The van der Waals surface area contributed by atoms with Crippen LogP contribution in [0.1, 0.15) is 58.3 Å². The molecule has 0 aromatic heterocycles. The molecule has 0 amide bonds. The molecule has 0 saturated carbocycles. The molecule has 0 rings (SSSR count). The second-order valence-corrected chi connectivity index (χ2v) is 3.27. The number of carboxylic acid groups (broad SMARTS) is 1. The molecule has 0 aliphatic heterocycles. The van der Waals surface area contributed by atoms with Crippen LogP contribution in [0.4, 0.5) is 0 Å². The van der Waals surface area contributed by atoms with Gasteiger partial charge in [-0.25, -0.2) is 0 Å². The number of unbranched alkanes of at least 4 members (excludes halogenated alkanes) is 6. The van der Waals surface area contributed by atoms with Crippen molar-refractivity contribution in [3.05, 3.63) is 0 Å². The molecule has 0 aromatic carbocycles. The summed E-state index contributed by atoms with van der Waals surface area (Å²) in [6.07, 6.45) is 8.64. The molecular formula is C10H20MnO2. The maximum atomic E-state index is 10.1. The van der Waals surface area contributed by atoms with E-state index in [-0.39, 0.29) is 17.1 Å². The maximum absolute atomic E-state index is 10.1. The van der Waals surface area contributed by atoms with E-state index in [1.54, 1.807) is 0 Å². The van der Waals surface area contributed by atoms with E-state index in [1.807, 2.05) is 0 Å². The Bertz CT molecular complexity index is 115. The molecule has 13 heavy (non-hydrogen) atoms. The molecule has 1 N–H and O–H groups in total. The zero-order valence-electron chi connectivity index (χ0n) is 8.39. The third-order valence-electron chi connectivity index (χ3n) is 1.99. The topological polar surface area (TPSA) is 37.3 Å². The second-order valence-electron chi connectivity index (χ2n) is 3.27. The third kappa shape index (κ3) is 14.8. The summed E-state index contributed by atoms with van der Waals surface area (Å²) in [5.41, 5.74) is 0. The van der Waals surface area contributed by atoms with Crippen molar-refractivity contribution in [2.75, 3.05) is 0 Å². The summed E-state index contributed by atoms with van der Waals surface area (Å²) >= 11 is 0. The largest absolute Gasteiger partial charge is 0.481 e. The van der Waals surface area contributed by atoms with Gasteiger partial charge in [-0.2, -0.15) is 0 Å². The van der Waals surface area contributed by atoms with E-state index in [2.05, 4.69) is 6.92 Å². The molecule has 1 radical (unpaired) electrons. The Morgan fingerprint density at radius 1 is 1.00 bits per heavy atom. The fraction of sp³-hybridized carbons (Fsp3) is 0.900. The average molecular weight is 227 g/mol. The first kappa shape index (κ1) is 15.5. The average Bonchev–Trinajstić information content (AvgIpc) is 2.02. The van der Waals surface area contributed by atoms with Gasteiger partial charge in [-0.1, -0.05) is 45.4 Å². The second kappa shape index (κ2) is 12.0. The number of hydrogen-bond donors (Lipinski definition) is 1. The molecule has 0 aliphatic carbocycles. The zero-order valence-corrected chi connectivity index (χ0v) is 9.57. The van der Waals surface area contributed by atoms with E-state index in [9.17, 15) is 4.79 Å². The zero-order chi connectivity index (χ0) is 9.23. The predicted octanol–water partition coefficient (Wildman–Crippen LogP) is 3.21. The molecule has 0 fully saturated rings. The van der Waals surface area contributed by atoms with E-state index in [4.69, 9.17) is 5.11 Å². The van der Waals surface area contributed by atoms with Crippen LogP contribution in [-0.4, -0.2) is 11.1 Å². The van der Waals surface area contributed by atoms with Gasteiger partial charge in [0.1, 0.15) is 0 Å². The minimum absolute atomic E-state index is 0. The summed E-state index contributed by atoms with van der Waals surface area (Å²) < 4.78 is 0. The van der Waals surface area contributed by atoms with Gasteiger partial charge in [0.15, 0.2) is 0 Å². The maximum Gasteiger partial charge on any atom is 0.303 e. The minimum Gasteiger partial charge on any atom is -0.481 e. The molecule has 0 saturated heterocycles. The van der Waals surface area contributed by atoms with E-state index in [0.717, 1.165) is 12.8 Å². The van der Waals surface area contributed by atoms with Crippen molar-refractivity contribution in [3.8, 4) is 0 Å². The summed E-state index contributed by atoms with van der Waals surface area (Å²) in [4.78, 5) is 10.1. The van der Waals surface area contributed by atoms with Crippen molar-refractivity contribution in [2.24, 2.45) is 0 Å². The van der Waals surface area contributed by atoms with Gasteiger partial charge in [0, 0.05) is 23.5 Å². The number of carbonyl (C=O) groups is 1. The first-order valence-corrected chi connectivity index (χ1v) is 4.99. The molecule has 0 aliphatic rings. The molecule has 0 spiro atoms. The Labute approximate surface area is 91.6 Å². The molecule has 0 heterocycles. The molecule has 79 valence electrons. The first-order chi connectivity index (χ1) is 5.77. The SMILES string of the molecule is CCCCCCCCCC(=O)O.[Mn]. The first-order valence-electron chi connectivity index (χ1n) is 4.99. The van der Waals surface area contributed by atoms with Gasteiger partial charge < -0.3 is 5.11 Å². The van der Waals surface area contributed by atoms with E-state index < -0.39 is 5.97 Å². The van der Waals surface area contributed by atoms with Crippen LogP contribution in [0.2, 0.25) is 0 Å². The molecule has 3 heteroatoms. The molecular weight excluding hydrogens is 207 g/mol. The molecule has 0 atom stereocenters. The molecule has 0 unspecified atom stereocenters. The Morgan fingerprint density at radius 2 is 1.46 bits per heavy atom. The van der Waals surface area contributed by atoms with Crippen molar-refractivity contribution in [2.45, 2.75) is 58.3 Å². The van der Waals surface area contributed by atoms with Crippen molar-refractivity contribution in [1.29, 1.82) is 0 Å². The van der Waals surface area contributed by atoms with Gasteiger partial charge in [0.2, 0.25) is 0 Å². The Hall–Kier alpha value is -0.0105. The van der Waals surface area contributed by atoms with Crippen LogP contribution in [0, 0.1) is 0 Å². The van der Waals surface area contributed by atoms with Crippen LogP contribution in [0.15, 0.2) is 0 Å². The third-order valence-corrected chi connectivity index (χ3v) is 1.99.